The molecule has 0 aromatic rings. The van der Waals surface area contributed by atoms with Crippen LogP contribution in [-0.4, -0.2) is 24.6 Å². The second kappa shape index (κ2) is 1.85. The lowest BCUT2D eigenvalue weighted by Gasteiger charge is -2.22. The van der Waals surface area contributed by atoms with Gasteiger partial charge in [0.05, 0.1) is 0 Å². The molecule has 0 bridgehead atoms. The second-order valence-corrected chi connectivity index (χ2v) is 2.58. The van der Waals surface area contributed by atoms with Crippen LogP contribution >= 0.6 is 11.8 Å². The average molecular weight is 102 g/mol. The molecule has 0 saturated carbocycles. The molecule has 1 aliphatic rings. The Kier molecular flexibility index (Phi) is 1.37. The van der Waals surface area contributed by atoms with E-state index in [1.54, 1.807) is 0 Å². The molecule has 0 aliphatic carbocycles. The molecule has 35 valence electrons. The van der Waals surface area contributed by atoms with Crippen LogP contribution in [0.4, 0.5) is 0 Å². The highest BCUT2D eigenvalue weighted by molar-refractivity contribution is 7.99. The van der Waals surface area contributed by atoms with Gasteiger partial charge in [0, 0.05) is 18.3 Å². The molecule has 0 spiro atoms. The fraction of sp³-hybridized carbons (Fsp3) is 1.00. The monoisotopic (exact) mass is 102 g/mol. The Morgan fingerprint density at radius 2 is 2.33 bits per heavy atom. The minimum atomic E-state index is 0.866. The summed E-state index contributed by atoms with van der Waals surface area (Å²) in [5.41, 5.74) is 0. The summed E-state index contributed by atoms with van der Waals surface area (Å²) in [6, 6.07) is 0. The zero-order chi connectivity index (χ0) is 4.41. The van der Waals surface area contributed by atoms with E-state index in [0.29, 0.717) is 0 Å². The van der Waals surface area contributed by atoms with Gasteiger partial charge in [-0.3, -0.25) is 0 Å². The van der Waals surface area contributed by atoms with E-state index < -0.39 is 0 Å². The van der Waals surface area contributed by atoms with Crippen LogP contribution in [0, 0.1) is 0 Å². The number of hydrogen-bond acceptors (Lipinski definition) is 1. The molecule has 0 N–H and O–H groups in total. The van der Waals surface area contributed by atoms with Crippen molar-refractivity contribution in [1.29, 1.82) is 0 Å². The minimum absolute atomic E-state index is 0.866. The Bertz CT molecular complexity index is 40.1. The quantitative estimate of drug-likeness (QED) is 0.465. The summed E-state index contributed by atoms with van der Waals surface area (Å²) >= 11 is 1.92. The Morgan fingerprint density at radius 3 is 2.33 bits per heavy atom. The zero-order valence-corrected chi connectivity index (χ0v) is 4.66. The first-order chi connectivity index (χ1) is 2.93. The smallest absolute Gasteiger partial charge is 0.0327 e. The molecule has 0 aromatic carbocycles. The van der Waals surface area contributed by atoms with Gasteiger partial charge in [0.25, 0.3) is 0 Å². The van der Waals surface area contributed by atoms with Gasteiger partial charge in [0.2, 0.25) is 0 Å². The van der Waals surface area contributed by atoms with Crippen molar-refractivity contribution in [3.8, 4) is 0 Å². The van der Waals surface area contributed by atoms with Crippen molar-refractivity contribution in [3.05, 3.63) is 0 Å². The summed E-state index contributed by atoms with van der Waals surface area (Å²) in [4.78, 5) is 0. The second-order valence-electron chi connectivity index (χ2n) is 1.45. The van der Waals surface area contributed by atoms with E-state index >= 15 is 0 Å². The first-order valence-corrected chi connectivity index (χ1v) is 3.38. The first-order valence-electron chi connectivity index (χ1n) is 2.09. The Labute approximate surface area is 42.5 Å². The van der Waals surface area contributed by atoms with Crippen LogP contribution in [0.25, 0.3) is 0 Å². The van der Waals surface area contributed by atoms with Crippen LogP contribution in [0.1, 0.15) is 0 Å². The Morgan fingerprint density at radius 1 is 1.67 bits per heavy atom. The number of nitrogens with zero attached hydrogens (tertiary/aromatic N) is 1. The molecule has 2 heteroatoms. The Balaban J connectivity index is 2.01. The lowest BCUT2D eigenvalue weighted by molar-refractivity contribution is 0.531. The largest absolute Gasteiger partial charge is 0.239 e. The van der Waals surface area contributed by atoms with Crippen LogP contribution < -0.4 is 5.32 Å². The third-order valence-corrected chi connectivity index (χ3v) is 1.96. The molecule has 1 radical (unpaired) electrons. The molecule has 0 unspecified atom stereocenters. The molecule has 0 atom stereocenters. The lowest BCUT2D eigenvalue weighted by Crippen LogP contribution is -2.38. The van der Waals surface area contributed by atoms with Gasteiger partial charge in [0.1, 0.15) is 0 Å². The van der Waals surface area contributed by atoms with Crippen LogP contribution in [-0.2, 0) is 0 Å². The van der Waals surface area contributed by atoms with Crippen molar-refractivity contribution in [3.63, 3.8) is 0 Å². The lowest BCUT2D eigenvalue weighted by atomic mass is 10.3. The van der Waals surface area contributed by atoms with Crippen molar-refractivity contribution >= 4 is 11.8 Å². The summed E-state index contributed by atoms with van der Waals surface area (Å²) in [6.07, 6.45) is 2.14. The van der Waals surface area contributed by atoms with Gasteiger partial charge in [0.15, 0.2) is 0 Å². The van der Waals surface area contributed by atoms with E-state index in [1.165, 1.54) is 0 Å². The predicted molar refractivity (Wildman–Crippen MR) is 29.2 cm³/mol. The topological polar surface area (TPSA) is 14.1 Å². The van der Waals surface area contributed by atoms with Crippen LogP contribution in [0.15, 0.2) is 0 Å². The van der Waals surface area contributed by atoms with Crippen molar-refractivity contribution in [1.82, 2.24) is 5.32 Å². The Hall–Kier alpha value is 0.310. The average Bonchev–Trinajstić information content (AvgIpc) is 1.31. The minimum Gasteiger partial charge on any atom is -0.239 e. The van der Waals surface area contributed by atoms with E-state index in [4.69, 9.17) is 0 Å². The van der Waals surface area contributed by atoms with Gasteiger partial charge in [-0.1, -0.05) is 0 Å². The molecule has 1 heterocycles. The zero-order valence-electron chi connectivity index (χ0n) is 3.85. The first kappa shape index (κ1) is 4.47. The highest BCUT2D eigenvalue weighted by Crippen LogP contribution is 2.10. The molecule has 1 saturated heterocycles. The van der Waals surface area contributed by atoms with Crippen LogP contribution in [0.3, 0.4) is 0 Å². The number of hydrogen-bond donors (Lipinski definition) is 0. The third kappa shape index (κ3) is 0.684. The summed E-state index contributed by atoms with van der Waals surface area (Å²) < 4.78 is 0. The highest BCUT2D eigenvalue weighted by atomic mass is 32.2. The summed E-state index contributed by atoms with van der Waals surface area (Å²) in [5, 5.41) is 4.91. The molecule has 1 fully saturated rings. The maximum Gasteiger partial charge on any atom is 0.0327 e. The normalized spacial score (nSPS) is 23.5. The molecule has 1 nitrogen and oxygen atoms in total. The number of thioether (sulfide) groups is 1. The van der Waals surface area contributed by atoms with E-state index in [0.717, 1.165) is 18.3 Å². The molecule has 1 aliphatic heterocycles. The third-order valence-electron chi connectivity index (χ3n) is 0.999. The maximum atomic E-state index is 4.05. The van der Waals surface area contributed by atoms with Gasteiger partial charge >= 0.3 is 0 Å². The van der Waals surface area contributed by atoms with Crippen LogP contribution in [0.5, 0.6) is 0 Å². The van der Waals surface area contributed by atoms with Crippen molar-refractivity contribution in [2.75, 3.05) is 19.3 Å². The van der Waals surface area contributed by atoms with Gasteiger partial charge in [-0.2, -0.15) is 11.8 Å². The maximum absolute atomic E-state index is 4.05. The van der Waals surface area contributed by atoms with Crippen molar-refractivity contribution in [2.45, 2.75) is 5.25 Å². The number of rotatable bonds is 1. The van der Waals surface area contributed by atoms with Gasteiger partial charge < -0.3 is 0 Å². The van der Waals surface area contributed by atoms with E-state index in [-0.39, 0.29) is 0 Å². The summed E-state index contributed by atoms with van der Waals surface area (Å²) in [6.45, 7) is 2.20. The predicted octanol–water partition coefficient (Wildman–Crippen LogP) is 0.336. The van der Waals surface area contributed by atoms with Gasteiger partial charge in [-0.15, -0.1) is 0 Å². The standard InChI is InChI=1S/C4H8NS/c1-6-4-2-5-3-4/h4H,2-3H2,1H3. The SMILES string of the molecule is CSC1C[N]C1. The van der Waals surface area contributed by atoms with Gasteiger partial charge in [-0.25, -0.2) is 5.32 Å². The molecular weight excluding hydrogens is 94.1 g/mol. The van der Waals surface area contributed by atoms with Crippen molar-refractivity contribution in [2.24, 2.45) is 0 Å². The van der Waals surface area contributed by atoms with Gasteiger partial charge in [-0.05, 0) is 6.26 Å². The van der Waals surface area contributed by atoms with Crippen LogP contribution in [0.2, 0.25) is 0 Å². The highest BCUT2D eigenvalue weighted by Gasteiger charge is 2.15. The summed E-state index contributed by atoms with van der Waals surface area (Å²) in [5.74, 6) is 0. The van der Waals surface area contributed by atoms with E-state index in [9.17, 15) is 0 Å². The molecule has 1 rings (SSSR count). The summed E-state index contributed by atoms with van der Waals surface area (Å²) in [7, 11) is 0. The van der Waals surface area contributed by atoms with Crippen molar-refractivity contribution < 1.29 is 0 Å². The molecule has 6 heavy (non-hydrogen) atoms. The van der Waals surface area contributed by atoms with E-state index in [2.05, 4.69) is 11.6 Å². The molecule has 0 aromatic heterocycles. The fourth-order valence-corrected chi connectivity index (χ4v) is 0.893. The molecular formula is C4H8NS. The fourth-order valence-electron chi connectivity index (χ4n) is 0.384. The van der Waals surface area contributed by atoms with E-state index in [1.807, 2.05) is 11.8 Å². The molecule has 0 amide bonds.